The number of benzene rings is 1. The molecule has 1 fully saturated rings. The number of nitrogens with two attached hydrogens (primary N) is 1. The maximum absolute atomic E-state index is 5.81. The summed E-state index contributed by atoms with van der Waals surface area (Å²) in [6, 6.07) is 9.22. The molecule has 1 saturated heterocycles. The molecule has 1 unspecified atom stereocenters. The number of hydrogen-bond donors (Lipinski definition) is 1. The first-order valence-corrected chi connectivity index (χ1v) is 8.13. The van der Waals surface area contributed by atoms with E-state index >= 15 is 0 Å². The summed E-state index contributed by atoms with van der Waals surface area (Å²) in [7, 11) is 0. The SMILES string of the molecule is CCCC1CCCCN1CC(C)(C)c1ccc(N)cc1. The van der Waals surface area contributed by atoms with E-state index in [1.54, 1.807) is 0 Å². The molecule has 1 aliphatic rings. The molecule has 1 aliphatic heterocycles. The highest BCUT2D eigenvalue weighted by Gasteiger charge is 2.29. The van der Waals surface area contributed by atoms with Gasteiger partial charge in [0.1, 0.15) is 0 Å². The van der Waals surface area contributed by atoms with Crippen molar-refractivity contribution >= 4 is 5.69 Å². The quantitative estimate of drug-likeness (QED) is 0.815. The van der Waals surface area contributed by atoms with Gasteiger partial charge in [0.05, 0.1) is 0 Å². The number of likely N-dealkylation sites (tertiary alicyclic amines) is 1. The molecule has 112 valence electrons. The molecule has 0 saturated carbocycles. The van der Waals surface area contributed by atoms with E-state index in [-0.39, 0.29) is 5.41 Å². The smallest absolute Gasteiger partial charge is 0.0314 e. The van der Waals surface area contributed by atoms with Gasteiger partial charge in [0.15, 0.2) is 0 Å². The normalized spacial score (nSPS) is 21.1. The minimum atomic E-state index is 0.191. The van der Waals surface area contributed by atoms with Crippen LogP contribution in [0, 0.1) is 0 Å². The van der Waals surface area contributed by atoms with Gasteiger partial charge in [-0.1, -0.05) is 45.7 Å². The molecule has 1 aromatic rings. The second-order valence-corrected chi connectivity index (χ2v) is 6.91. The van der Waals surface area contributed by atoms with Crippen LogP contribution in [0.4, 0.5) is 5.69 Å². The monoisotopic (exact) mass is 274 g/mol. The zero-order valence-electron chi connectivity index (χ0n) is 13.4. The van der Waals surface area contributed by atoms with Crippen molar-refractivity contribution in [1.29, 1.82) is 0 Å². The Labute approximate surface area is 124 Å². The Morgan fingerprint density at radius 3 is 2.55 bits per heavy atom. The van der Waals surface area contributed by atoms with E-state index in [1.807, 2.05) is 12.1 Å². The van der Waals surface area contributed by atoms with Crippen molar-refractivity contribution in [3.05, 3.63) is 29.8 Å². The maximum atomic E-state index is 5.81. The zero-order valence-corrected chi connectivity index (χ0v) is 13.4. The van der Waals surface area contributed by atoms with E-state index in [0.29, 0.717) is 0 Å². The van der Waals surface area contributed by atoms with Gasteiger partial charge in [-0.25, -0.2) is 0 Å². The summed E-state index contributed by atoms with van der Waals surface area (Å²) in [5.74, 6) is 0. The molecule has 0 amide bonds. The molecule has 1 heterocycles. The lowest BCUT2D eigenvalue weighted by molar-refractivity contribution is 0.114. The lowest BCUT2D eigenvalue weighted by Crippen LogP contribution is -2.45. The Hall–Kier alpha value is -1.02. The number of rotatable bonds is 5. The van der Waals surface area contributed by atoms with Crippen molar-refractivity contribution in [2.75, 3.05) is 18.8 Å². The first-order valence-electron chi connectivity index (χ1n) is 8.13. The Balaban J connectivity index is 2.07. The lowest BCUT2D eigenvalue weighted by Gasteiger charge is -2.41. The minimum absolute atomic E-state index is 0.191. The molecule has 0 aromatic heterocycles. The minimum Gasteiger partial charge on any atom is -0.399 e. The van der Waals surface area contributed by atoms with Crippen molar-refractivity contribution in [2.24, 2.45) is 0 Å². The highest BCUT2D eigenvalue weighted by atomic mass is 15.2. The highest BCUT2D eigenvalue weighted by molar-refractivity contribution is 5.41. The summed E-state index contributed by atoms with van der Waals surface area (Å²) in [5, 5.41) is 0. The number of nitrogens with zero attached hydrogens (tertiary/aromatic N) is 1. The molecule has 0 bridgehead atoms. The van der Waals surface area contributed by atoms with Crippen LogP contribution in [-0.2, 0) is 5.41 Å². The summed E-state index contributed by atoms with van der Waals surface area (Å²) in [6.45, 7) is 9.44. The summed E-state index contributed by atoms with van der Waals surface area (Å²) >= 11 is 0. The van der Waals surface area contributed by atoms with Gasteiger partial charge in [-0.15, -0.1) is 0 Å². The predicted molar refractivity (Wildman–Crippen MR) is 88.0 cm³/mol. The lowest BCUT2D eigenvalue weighted by atomic mass is 9.82. The molecule has 1 atom stereocenters. The second-order valence-electron chi connectivity index (χ2n) is 6.91. The third-order valence-electron chi connectivity index (χ3n) is 4.66. The average molecular weight is 274 g/mol. The van der Waals surface area contributed by atoms with E-state index < -0.39 is 0 Å². The van der Waals surface area contributed by atoms with Gasteiger partial charge in [-0.3, -0.25) is 4.90 Å². The predicted octanol–water partition coefficient (Wildman–Crippen LogP) is 4.20. The van der Waals surface area contributed by atoms with Gasteiger partial charge in [0, 0.05) is 23.7 Å². The fourth-order valence-electron chi connectivity index (χ4n) is 3.46. The van der Waals surface area contributed by atoms with Crippen molar-refractivity contribution in [3.8, 4) is 0 Å². The summed E-state index contributed by atoms with van der Waals surface area (Å²) in [5.41, 5.74) is 8.25. The van der Waals surface area contributed by atoms with E-state index in [9.17, 15) is 0 Å². The third-order valence-corrected chi connectivity index (χ3v) is 4.66. The summed E-state index contributed by atoms with van der Waals surface area (Å²) < 4.78 is 0. The number of hydrogen-bond acceptors (Lipinski definition) is 2. The largest absolute Gasteiger partial charge is 0.399 e. The number of piperidine rings is 1. The van der Waals surface area contributed by atoms with Crippen LogP contribution in [-0.4, -0.2) is 24.0 Å². The Morgan fingerprint density at radius 1 is 1.20 bits per heavy atom. The van der Waals surface area contributed by atoms with Crippen molar-refractivity contribution in [1.82, 2.24) is 4.90 Å². The Morgan fingerprint density at radius 2 is 1.90 bits per heavy atom. The van der Waals surface area contributed by atoms with E-state index in [0.717, 1.165) is 18.3 Å². The summed E-state index contributed by atoms with van der Waals surface area (Å²) in [6.07, 6.45) is 6.79. The van der Waals surface area contributed by atoms with Crippen LogP contribution in [0.1, 0.15) is 58.4 Å². The molecular weight excluding hydrogens is 244 g/mol. The average Bonchev–Trinajstić information content (AvgIpc) is 2.41. The van der Waals surface area contributed by atoms with Crippen molar-refractivity contribution < 1.29 is 0 Å². The second kappa shape index (κ2) is 6.62. The zero-order chi connectivity index (χ0) is 14.6. The molecular formula is C18H30N2. The van der Waals surface area contributed by atoms with Crippen LogP contribution in [0.15, 0.2) is 24.3 Å². The van der Waals surface area contributed by atoms with Crippen LogP contribution in [0.2, 0.25) is 0 Å². The topological polar surface area (TPSA) is 29.3 Å². The van der Waals surface area contributed by atoms with Crippen LogP contribution >= 0.6 is 0 Å². The molecule has 2 N–H and O–H groups in total. The van der Waals surface area contributed by atoms with Gasteiger partial charge >= 0.3 is 0 Å². The molecule has 2 rings (SSSR count). The Bertz CT molecular complexity index is 406. The molecule has 20 heavy (non-hydrogen) atoms. The van der Waals surface area contributed by atoms with Gasteiger partial charge < -0.3 is 5.73 Å². The van der Waals surface area contributed by atoms with E-state index in [1.165, 1.54) is 44.2 Å². The number of nitrogen functional groups attached to an aromatic ring is 1. The first kappa shape index (κ1) is 15.4. The highest BCUT2D eigenvalue weighted by Crippen LogP contribution is 2.29. The Kier molecular flexibility index (Phi) is 5.09. The fourth-order valence-corrected chi connectivity index (χ4v) is 3.46. The maximum Gasteiger partial charge on any atom is 0.0314 e. The van der Waals surface area contributed by atoms with Crippen LogP contribution in [0.3, 0.4) is 0 Å². The van der Waals surface area contributed by atoms with Crippen LogP contribution in [0.25, 0.3) is 0 Å². The van der Waals surface area contributed by atoms with Gasteiger partial charge in [-0.05, 0) is 43.5 Å². The molecule has 0 radical (unpaired) electrons. The molecule has 0 spiro atoms. The molecule has 1 aromatic carbocycles. The summed E-state index contributed by atoms with van der Waals surface area (Å²) in [4.78, 5) is 2.73. The van der Waals surface area contributed by atoms with Crippen LogP contribution < -0.4 is 5.73 Å². The molecule has 0 aliphatic carbocycles. The van der Waals surface area contributed by atoms with Gasteiger partial charge in [0.2, 0.25) is 0 Å². The standard InChI is InChI=1S/C18H30N2/c1-4-7-17-8-5-6-13-20(17)14-18(2,3)15-9-11-16(19)12-10-15/h9-12,17H,4-8,13-14,19H2,1-3H3. The van der Waals surface area contributed by atoms with E-state index in [2.05, 4.69) is 37.8 Å². The van der Waals surface area contributed by atoms with Crippen molar-refractivity contribution in [2.45, 2.75) is 64.3 Å². The van der Waals surface area contributed by atoms with Gasteiger partial charge in [-0.2, -0.15) is 0 Å². The van der Waals surface area contributed by atoms with E-state index in [4.69, 9.17) is 5.73 Å². The first-order chi connectivity index (χ1) is 9.53. The molecule has 2 nitrogen and oxygen atoms in total. The van der Waals surface area contributed by atoms with Crippen LogP contribution in [0.5, 0.6) is 0 Å². The van der Waals surface area contributed by atoms with Crippen molar-refractivity contribution in [3.63, 3.8) is 0 Å². The molecule has 2 heteroatoms. The number of anilines is 1. The third kappa shape index (κ3) is 3.76. The van der Waals surface area contributed by atoms with Gasteiger partial charge in [0.25, 0.3) is 0 Å². The fraction of sp³-hybridized carbons (Fsp3) is 0.667.